The van der Waals surface area contributed by atoms with Gasteiger partial charge in [-0.2, -0.15) is 0 Å². The van der Waals surface area contributed by atoms with Gasteiger partial charge in [0.25, 0.3) is 0 Å². The Kier molecular flexibility index (Phi) is 4.62. The second kappa shape index (κ2) is 5.77. The number of aromatic nitrogens is 1. The van der Waals surface area contributed by atoms with E-state index in [0.717, 1.165) is 0 Å². The summed E-state index contributed by atoms with van der Waals surface area (Å²) in [6, 6.07) is 0. The van der Waals surface area contributed by atoms with Crippen molar-refractivity contribution in [1.29, 1.82) is 0 Å². The van der Waals surface area contributed by atoms with Crippen LogP contribution in [0.25, 0.3) is 0 Å². The molecule has 2 atom stereocenters. The smallest absolute Gasteiger partial charge is 0.309 e. The Labute approximate surface area is 104 Å². The van der Waals surface area contributed by atoms with E-state index in [0.29, 0.717) is 17.4 Å². The van der Waals surface area contributed by atoms with E-state index < -0.39 is 11.8 Å². The number of hydrogen-bond acceptors (Lipinski definition) is 6. The van der Waals surface area contributed by atoms with Gasteiger partial charge in [-0.25, -0.2) is 4.98 Å². The highest BCUT2D eigenvalue weighted by molar-refractivity contribution is 7.13. The van der Waals surface area contributed by atoms with Crippen molar-refractivity contribution in [1.82, 2.24) is 4.98 Å². The number of ketones is 1. The van der Waals surface area contributed by atoms with Crippen molar-refractivity contribution in [2.45, 2.75) is 26.7 Å². The average Bonchev–Trinajstić information content (AvgIpc) is 2.64. The van der Waals surface area contributed by atoms with E-state index in [-0.39, 0.29) is 11.8 Å². The molecule has 0 bridgehead atoms. The lowest BCUT2D eigenvalue weighted by molar-refractivity contribution is -0.149. The largest absolute Gasteiger partial charge is 0.466 e. The number of nitrogen functional groups attached to an aromatic ring is 1. The molecule has 0 saturated carbocycles. The molecular weight excluding hydrogens is 240 g/mol. The highest BCUT2D eigenvalue weighted by Crippen LogP contribution is 2.28. The minimum Gasteiger partial charge on any atom is -0.466 e. The van der Waals surface area contributed by atoms with Crippen molar-refractivity contribution in [3.63, 3.8) is 0 Å². The van der Waals surface area contributed by atoms with Gasteiger partial charge in [-0.1, -0.05) is 6.92 Å². The number of carbonyl (C=O) groups excluding carboxylic acids is 2. The van der Waals surface area contributed by atoms with Crippen LogP contribution in [0.15, 0.2) is 5.38 Å². The molecule has 0 amide bonds. The summed E-state index contributed by atoms with van der Waals surface area (Å²) in [4.78, 5) is 27.3. The maximum absolute atomic E-state index is 11.6. The fraction of sp³-hybridized carbons (Fsp3) is 0.545. The van der Waals surface area contributed by atoms with Crippen molar-refractivity contribution in [3.05, 3.63) is 11.1 Å². The summed E-state index contributed by atoms with van der Waals surface area (Å²) in [5, 5.41) is 2.10. The fourth-order valence-electron chi connectivity index (χ4n) is 1.67. The minimum atomic E-state index is -0.581. The van der Waals surface area contributed by atoms with Gasteiger partial charge in [-0.15, -0.1) is 11.3 Å². The summed E-state index contributed by atoms with van der Waals surface area (Å²) >= 11 is 1.25. The number of rotatable bonds is 5. The van der Waals surface area contributed by atoms with Gasteiger partial charge in [-0.05, 0) is 13.8 Å². The number of nitrogens with zero attached hydrogens (tertiary/aromatic N) is 1. The van der Waals surface area contributed by atoms with Crippen molar-refractivity contribution < 1.29 is 14.3 Å². The highest BCUT2D eigenvalue weighted by Gasteiger charge is 2.32. The van der Waals surface area contributed by atoms with Gasteiger partial charge >= 0.3 is 5.97 Å². The van der Waals surface area contributed by atoms with Crippen LogP contribution in [0.3, 0.4) is 0 Å². The van der Waals surface area contributed by atoms with Crippen LogP contribution in [0.5, 0.6) is 0 Å². The zero-order valence-electron chi connectivity index (χ0n) is 10.1. The van der Waals surface area contributed by atoms with Gasteiger partial charge in [-0.3, -0.25) is 9.59 Å². The summed E-state index contributed by atoms with van der Waals surface area (Å²) < 4.78 is 4.92. The van der Waals surface area contributed by atoms with Gasteiger partial charge in [0.2, 0.25) is 0 Å². The molecule has 0 fully saturated rings. The molecule has 1 rings (SSSR count). The first-order chi connectivity index (χ1) is 7.97. The number of hydrogen-bond donors (Lipinski definition) is 1. The zero-order chi connectivity index (χ0) is 13.0. The molecule has 1 aromatic rings. The third-order valence-electron chi connectivity index (χ3n) is 2.45. The van der Waals surface area contributed by atoms with E-state index in [1.807, 2.05) is 0 Å². The summed E-state index contributed by atoms with van der Waals surface area (Å²) in [6.45, 7) is 5.14. The quantitative estimate of drug-likeness (QED) is 0.809. The Morgan fingerprint density at radius 1 is 1.59 bits per heavy atom. The van der Waals surface area contributed by atoms with E-state index in [1.54, 1.807) is 19.2 Å². The second-order valence-corrected chi connectivity index (χ2v) is 4.63. The highest BCUT2D eigenvalue weighted by atomic mass is 32.1. The number of esters is 1. The first-order valence-corrected chi connectivity index (χ1v) is 6.23. The number of nitrogens with two attached hydrogens (primary N) is 1. The molecule has 1 heterocycles. The minimum absolute atomic E-state index is 0.115. The Balaban J connectivity index is 2.94. The van der Waals surface area contributed by atoms with Crippen LogP contribution in [0.4, 0.5) is 5.13 Å². The Morgan fingerprint density at radius 2 is 2.24 bits per heavy atom. The molecule has 2 N–H and O–H groups in total. The lowest BCUT2D eigenvalue weighted by Crippen LogP contribution is -2.26. The summed E-state index contributed by atoms with van der Waals surface area (Å²) in [6.07, 6.45) is 0. The number of carbonyl (C=O) groups is 2. The van der Waals surface area contributed by atoms with Crippen LogP contribution in [-0.4, -0.2) is 23.3 Å². The molecule has 6 heteroatoms. The number of ether oxygens (including phenoxy) is 1. The molecule has 0 saturated heterocycles. The number of Topliss-reactive ketones (excluding diaryl/α,β-unsaturated/α-hetero) is 1. The number of anilines is 1. The van der Waals surface area contributed by atoms with Crippen molar-refractivity contribution >= 4 is 28.2 Å². The van der Waals surface area contributed by atoms with E-state index in [9.17, 15) is 9.59 Å². The monoisotopic (exact) mass is 256 g/mol. The van der Waals surface area contributed by atoms with Crippen LogP contribution in [0.2, 0.25) is 0 Å². The third kappa shape index (κ3) is 3.26. The molecule has 0 aliphatic rings. The Morgan fingerprint density at radius 3 is 2.65 bits per heavy atom. The topological polar surface area (TPSA) is 82.3 Å². The normalized spacial score (nSPS) is 14.1. The second-order valence-electron chi connectivity index (χ2n) is 3.74. The number of thiazole rings is 1. The Hall–Kier alpha value is -1.43. The molecule has 1 aromatic heterocycles. The molecule has 5 nitrogen and oxygen atoms in total. The summed E-state index contributed by atoms with van der Waals surface area (Å²) in [5.41, 5.74) is 6.07. The molecule has 0 aromatic carbocycles. The molecule has 0 aliphatic carbocycles. The molecule has 0 radical (unpaired) electrons. The van der Waals surface area contributed by atoms with Crippen molar-refractivity contribution in [2.24, 2.45) is 5.92 Å². The molecular formula is C11H16N2O3S. The summed E-state index contributed by atoms with van der Waals surface area (Å²) in [5.74, 6) is -1.63. The van der Waals surface area contributed by atoms with Gasteiger partial charge in [0.15, 0.2) is 5.13 Å². The molecule has 2 unspecified atom stereocenters. The maximum Gasteiger partial charge on any atom is 0.309 e. The van der Waals surface area contributed by atoms with Gasteiger partial charge in [0.05, 0.1) is 24.1 Å². The van der Waals surface area contributed by atoms with Gasteiger partial charge in [0.1, 0.15) is 5.78 Å². The predicted octanol–water partition coefficient (Wildman–Crippen LogP) is 1.60. The predicted molar refractivity (Wildman–Crippen MR) is 65.7 cm³/mol. The Bertz CT molecular complexity index is 417. The van der Waals surface area contributed by atoms with Crippen LogP contribution >= 0.6 is 11.3 Å². The van der Waals surface area contributed by atoms with Gasteiger partial charge < -0.3 is 10.5 Å². The standard InChI is InChI=1S/C11H16N2O3S/c1-4-16-10(15)6(2)9(7(3)14)8-5-17-11(12)13-8/h5-6,9H,4H2,1-3H3,(H2,12,13). The fourth-order valence-corrected chi connectivity index (χ4v) is 2.27. The van der Waals surface area contributed by atoms with Crippen LogP contribution in [0, 0.1) is 5.92 Å². The van der Waals surface area contributed by atoms with E-state index in [4.69, 9.17) is 10.5 Å². The first-order valence-electron chi connectivity index (χ1n) is 5.35. The van der Waals surface area contributed by atoms with Crippen LogP contribution in [0.1, 0.15) is 32.4 Å². The lowest BCUT2D eigenvalue weighted by Gasteiger charge is -2.18. The molecule has 0 spiro atoms. The van der Waals surface area contributed by atoms with Crippen molar-refractivity contribution in [2.75, 3.05) is 12.3 Å². The van der Waals surface area contributed by atoms with Crippen LogP contribution in [-0.2, 0) is 14.3 Å². The third-order valence-corrected chi connectivity index (χ3v) is 3.15. The van der Waals surface area contributed by atoms with E-state index >= 15 is 0 Å². The summed E-state index contributed by atoms with van der Waals surface area (Å²) in [7, 11) is 0. The first kappa shape index (κ1) is 13.6. The SMILES string of the molecule is CCOC(=O)C(C)C(C(C)=O)c1csc(N)n1. The van der Waals surface area contributed by atoms with E-state index in [1.165, 1.54) is 18.3 Å². The zero-order valence-corrected chi connectivity index (χ0v) is 10.9. The van der Waals surface area contributed by atoms with Crippen molar-refractivity contribution in [3.8, 4) is 0 Å². The molecule has 94 valence electrons. The molecule has 17 heavy (non-hydrogen) atoms. The lowest BCUT2D eigenvalue weighted by atomic mass is 9.88. The van der Waals surface area contributed by atoms with Gasteiger partial charge in [0, 0.05) is 5.38 Å². The van der Waals surface area contributed by atoms with E-state index in [2.05, 4.69) is 4.98 Å². The molecule has 0 aliphatic heterocycles. The average molecular weight is 256 g/mol. The van der Waals surface area contributed by atoms with Crippen LogP contribution < -0.4 is 5.73 Å². The maximum atomic E-state index is 11.6.